The fourth-order valence-electron chi connectivity index (χ4n) is 3.67. The van der Waals surface area contributed by atoms with Crippen molar-refractivity contribution in [2.45, 2.75) is 17.7 Å². The van der Waals surface area contributed by atoms with E-state index in [9.17, 15) is 13.2 Å². The van der Waals surface area contributed by atoms with Crippen LogP contribution < -0.4 is 19.1 Å². The van der Waals surface area contributed by atoms with Crippen LogP contribution in [0.5, 0.6) is 11.5 Å². The lowest BCUT2D eigenvalue weighted by Crippen LogP contribution is -2.35. The highest BCUT2D eigenvalue weighted by molar-refractivity contribution is 7.92. The van der Waals surface area contributed by atoms with E-state index in [1.807, 2.05) is 12.1 Å². The first kappa shape index (κ1) is 21.7. The molecule has 0 saturated carbocycles. The zero-order chi connectivity index (χ0) is 22.6. The molecule has 0 aromatic heterocycles. The van der Waals surface area contributed by atoms with Crippen molar-refractivity contribution in [2.24, 2.45) is 0 Å². The van der Waals surface area contributed by atoms with E-state index >= 15 is 0 Å². The number of nitrogens with one attached hydrogen (secondary N) is 1. The topological polar surface area (TPSA) is 84.9 Å². The molecule has 166 valence electrons. The minimum Gasteiger partial charge on any atom is -0.493 e. The van der Waals surface area contributed by atoms with E-state index in [4.69, 9.17) is 9.47 Å². The van der Waals surface area contributed by atoms with E-state index in [-0.39, 0.29) is 17.4 Å². The van der Waals surface area contributed by atoms with Gasteiger partial charge in [-0.3, -0.25) is 9.10 Å². The van der Waals surface area contributed by atoms with E-state index in [1.165, 1.54) is 11.4 Å². The van der Waals surface area contributed by atoms with Crippen molar-refractivity contribution in [2.75, 3.05) is 29.9 Å². The molecule has 0 saturated heterocycles. The lowest BCUT2D eigenvalue weighted by Gasteiger charge is -2.31. The molecule has 7 nitrogen and oxygen atoms in total. The number of aryl methyl sites for hydroxylation is 1. The largest absolute Gasteiger partial charge is 0.493 e. The molecule has 0 aliphatic carbocycles. The summed E-state index contributed by atoms with van der Waals surface area (Å²) in [4.78, 5) is 12.7. The predicted molar refractivity (Wildman–Crippen MR) is 123 cm³/mol. The molecule has 3 aromatic rings. The molecule has 0 unspecified atom stereocenters. The number of carbonyl (C=O) groups excluding carboxylic acids is 1. The number of nitrogens with zero attached hydrogens (tertiary/aromatic N) is 1. The first-order valence-electron chi connectivity index (χ1n) is 10.3. The highest BCUT2D eigenvalue weighted by atomic mass is 32.2. The summed E-state index contributed by atoms with van der Waals surface area (Å²) in [5, 5.41) is 2.79. The molecular formula is C24H24N2O5S. The Morgan fingerprint density at radius 3 is 2.47 bits per heavy atom. The van der Waals surface area contributed by atoms with Crippen molar-refractivity contribution in [3.8, 4) is 11.5 Å². The van der Waals surface area contributed by atoms with Crippen LogP contribution in [0, 0.1) is 0 Å². The smallest absolute Gasteiger partial charge is 0.264 e. The number of sulfonamides is 1. The average molecular weight is 453 g/mol. The van der Waals surface area contributed by atoms with Crippen molar-refractivity contribution in [1.82, 2.24) is 0 Å². The van der Waals surface area contributed by atoms with Crippen LogP contribution in [-0.2, 0) is 21.2 Å². The molecule has 1 N–H and O–H groups in total. The van der Waals surface area contributed by atoms with Crippen LogP contribution in [0.4, 0.5) is 11.4 Å². The zero-order valence-corrected chi connectivity index (χ0v) is 18.5. The number of anilines is 2. The average Bonchev–Trinajstić information content (AvgIpc) is 2.83. The van der Waals surface area contributed by atoms with Gasteiger partial charge in [0.05, 0.1) is 17.7 Å². The van der Waals surface area contributed by atoms with Gasteiger partial charge in [0, 0.05) is 12.2 Å². The Hall–Kier alpha value is -3.52. The zero-order valence-electron chi connectivity index (χ0n) is 17.7. The molecule has 0 fully saturated rings. The van der Waals surface area contributed by atoms with E-state index in [1.54, 1.807) is 60.7 Å². The molecule has 0 atom stereocenters. The first-order chi connectivity index (χ1) is 15.5. The third-order valence-corrected chi connectivity index (χ3v) is 7.03. The van der Waals surface area contributed by atoms with Gasteiger partial charge in [-0.2, -0.15) is 0 Å². The van der Waals surface area contributed by atoms with Gasteiger partial charge in [-0.15, -0.1) is 0 Å². The molecule has 0 spiro atoms. The summed E-state index contributed by atoms with van der Waals surface area (Å²) in [5.41, 5.74) is 2.02. The van der Waals surface area contributed by atoms with Crippen LogP contribution in [0.15, 0.2) is 77.7 Å². The van der Waals surface area contributed by atoms with Crippen LogP contribution >= 0.6 is 0 Å². The number of ether oxygens (including phenoxy) is 2. The summed E-state index contributed by atoms with van der Waals surface area (Å²) in [5.74, 6) is 0.649. The Bertz CT molecular complexity index is 1210. The summed E-state index contributed by atoms with van der Waals surface area (Å²) in [6.45, 7) is 0.183. The molecule has 0 radical (unpaired) electrons. The van der Waals surface area contributed by atoms with Gasteiger partial charge < -0.3 is 14.8 Å². The normalized spacial score (nSPS) is 13.2. The number of para-hydroxylation sites is 2. The lowest BCUT2D eigenvalue weighted by atomic mass is 10.0. The van der Waals surface area contributed by atoms with Crippen molar-refractivity contribution in [3.63, 3.8) is 0 Å². The second-order valence-electron chi connectivity index (χ2n) is 7.32. The molecule has 3 aromatic carbocycles. The molecule has 1 amide bonds. The molecule has 32 heavy (non-hydrogen) atoms. The summed E-state index contributed by atoms with van der Waals surface area (Å²) in [6.07, 6.45) is 1.51. The maximum Gasteiger partial charge on any atom is 0.264 e. The number of hydrogen-bond acceptors (Lipinski definition) is 5. The molecule has 1 heterocycles. The fraction of sp³-hybridized carbons (Fsp3) is 0.208. The van der Waals surface area contributed by atoms with Crippen molar-refractivity contribution >= 4 is 27.3 Å². The van der Waals surface area contributed by atoms with Gasteiger partial charge in [0.25, 0.3) is 15.9 Å². The number of benzene rings is 3. The van der Waals surface area contributed by atoms with Gasteiger partial charge in [0.1, 0.15) is 0 Å². The van der Waals surface area contributed by atoms with Crippen LogP contribution in [0.3, 0.4) is 0 Å². The van der Waals surface area contributed by atoms with E-state index < -0.39 is 10.0 Å². The Labute approximate surface area is 187 Å². The maximum absolute atomic E-state index is 13.2. The Balaban J connectivity index is 1.51. The van der Waals surface area contributed by atoms with Gasteiger partial charge in [0.2, 0.25) is 0 Å². The van der Waals surface area contributed by atoms with Gasteiger partial charge in [0.15, 0.2) is 18.1 Å². The highest BCUT2D eigenvalue weighted by Gasteiger charge is 2.29. The Kier molecular flexibility index (Phi) is 6.32. The van der Waals surface area contributed by atoms with E-state index in [0.717, 1.165) is 18.4 Å². The van der Waals surface area contributed by atoms with Gasteiger partial charge in [-0.05, 0) is 54.8 Å². The third-order valence-electron chi connectivity index (χ3n) is 5.20. The monoisotopic (exact) mass is 452 g/mol. The summed E-state index contributed by atoms with van der Waals surface area (Å²) >= 11 is 0. The SMILES string of the molecule is COc1ccccc1OCC(=O)Nc1ccc2c(c1)N(S(=O)(=O)c1ccccc1)CCC2. The summed E-state index contributed by atoms with van der Waals surface area (Å²) < 4.78 is 38.6. The molecule has 0 bridgehead atoms. The molecule has 8 heteroatoms. The fourth-order valence-corrected chi connectivity index (χ4v) is 5.22. The van der Waals surface area contributed by atoms with Crippen molar-refractivity contribution < 1.29 is 22.7 Å². The molecular weight excluding hydrogens is 428 g/mol. The van der Waals surface area contributed by atoms with Gasteiger partial charge in [-0.25, -0.2) is 8.42 Å². The number of carbonyl (C=O) groups is 1. The van der Waals surface area contributed by atoms with Crippen LogP contribution in [0.25, 0.3) is 0 Å². The number of rotatable bonds is 7. The van der Waals surface area contributed by atoms with Crippen molar-refractivity contribution in [3.05, 3.63) is 78.4 Å². The summed E-state index contributed by atoms with van der Waals surface area (Å²) in [7, 11) is -2.16. The minimum absolute atomic E-state index is 0.205. The minimum atomic E-state index is -3.69. The van der Waals surface area contributed by atoms with E-state index in [0.29, 0.717) is 29.4 Å². The lowest BCUT2D eigenvalue weighted by molar-refractivity contribution is -0.118. The predicted octanol–water partition coefficient (Wildman–Crippen LogP) is 3.85. The summed E-state index contributed by atoms with van der Waals surface area (Å²) in [6, 6.07) is 20.8. The number of hydrogen-bond donors (Lipinski definition) is 1. The maximum atomic E-state index is 13.2. The second-order valence-corrected chi connectivity index (χ2v) is 9.19. The second kappa shape index (κ2) is 9.32. The number of fused-ring (bicyclic) bond motifs is 1. The van der Waals surface area contributed by atoms with Crippen molar-refractivity contribution in [1.29, 1.82) is 0 Å². The van der Waals surface area contributed by atoms with Crippen LogP contribution in [-0.4, -0.2) is 34.6 Å². The Morgan fingerprint density at radius 2 is 1.72 bits per heavy atom. The standard InChI is InChI=1S/C24H24N2O5S/c1-30-22-11-5-6-12-23(22)31-17-24(27)25-19-14-13-18-8-7-15-26(21(18)16-19)32(28,29)20-9-3-2-4-10-20/h2-6,9-14,16H,7-8,15,17H2,1H3,(H,25,27). The quantitative estimate of drug-likeness (QED) is 0.589. The Morgan fingerprint density at radius 1 is 1.00 bits per heavy atom. The van der Waals surface area contributed by atoms with Crippen LogP contribution in [0.1, 0.15) is 12.0 Å². The van der Waals surface area contributed by atoms with E-state index in [2.05, 4.69) is 5.32 Å². The molecule has 1 aliphatic heterocycles. The van der Waals surface area contributed by atoms with Gasteiger partial charge >= 0.3 is 0 Å². The molecule has 1 aliphatic rings. The molecule has 4 rings (SSSR count). The van der Waals surface area contributed by atoms with Crippen LogP contribution in [0.2, 0.25) is 0 Å². The number of methoxy groups -OCH3 is 1. The third kappa shape index (κ3) is 4.55. The first-order valence-corrected chi connectivity index (χ1v) is 11.7. The van der Waals surface area contributed by atoms with Gasteiger partial charge in [-0.1, -0.05) is 36.4 Å². The number of amides is 1. The highest BCUT2D eigenvalue weighted by Crippen LogP contribution is 2.34.